The fourth-order valence-corrected chi connectivity index (χ4v) is 2.81. The number of aromatic amines is 1. The van der Waals surface area contributed by atoms with Gasteiger partial charge in [0.15, 0.2) is 5.82 Å². The van der Waals surface area contributed by atoms with E-state index in [9.17, 15) is 4.79 Å². The molecule has 5 nitrogen and oxygen atoms in total. The quantitative estimate of drug-likeness (QED) is 0.765. The molecule has 1 aliphatic carbocycles. The number of rotatable bonds is 3. The molecule has 0 aromatic carbocycles. The fraction of sp³-hybridized carbons (Fsp3) is 0.692. The van der Waals surface area contributed by atoms with Crippen molar-refractivity contribution in [3.8, 4) is 0 Å². The molecule has 0 aliphatic heterocycles. The Morgan fingerprint density at radius 3 is 2.94 bits per heavy atom. The first-order valence-corrected chi connectivity index (χ1v) is 6.66. The van der Waals surface area contributed by atoms with Crippen molar-refractivity contribution in [1.29, 1.82) is 0 Å². The summed E-state index contributed by atoms with van der Waals surface area (Å²) in [6.07, 6.45) is 5.01. The van der Waals surface area contributed by atoms with Crippen LogP contribution in [0.4, 0.5) is 5.82 Å². The molecule has 0 spiro atoms. The van der Waals surface area contributed by atoms with Gasteiger partial charge in [0, 0.05) is 12.2 Å². The third-order valence-electron chi connectivity index (χ3n) is 3.80. The Bertz CT molecular complexity index is 407. The van der Waals surface area contributed by atoms with Crippen LogP contribution < -0.4 is 11.1 Å². The second-order valence-corrected chi connectivity index (χ2v) is 5.46. The average molecular weight is 250 g/mol. The first kappa shape index (κ1) is 12.9. The third kappa shape index (κ3) is 2.83. The van der Waals surface area contributed by atoms with Gasteiger partial charge in [-0.05, 0) is 31.6 Å². The lowest BCUT2D eigenvalue weighted by molar-refractivity contribution is 0.0941. The summed E-state index contributed by atoms with van der Waals surface area (Å²) in [4.78, 5) is 12.0. The van der Waals surface area contributed by atoms with Gasteiger partial charge in [-0.2, -0.15) is 5.10 Å². The van der Waals surface area contributed by atoms with Gasteiger partial charge in [0.1, 0.15) is 5.56 Å². The topological polar surface area (TPSA) is 83.8 Å². The molecule has 5 heteroatoms. The summed E-state index contributed by atoms with van der Waals surface area (Å²) in [7, 11) is 0. The standard InChI is InChI=1S/C13H22N4O/c1-8-4-3-5-10(6-8)7-15-13(18)11-9(2)16-17-12(11)14/h8,10H,3-7H2,1-2H3,(H,15,18)(H3,14,16,17). The van der Waals surface area contributed by atoms with E-state index in [0.29, 0.717) is 11.5 Å². The number of nitrogens with zero attached hydrogens (tertiary/aromatic N) is 1. The number of H-pyrrole nitrogens is 1. The molecule has 2 rings (SSSR count). The van der Waals surface area contributed by atoms with Crippen molar-refractivity contribution >= 4 is 11.7 Å². The zero-order valence-corrected chi connectivity index (χ0v) is 11.1. The second kappa shape index (κ2) is 5.42. The van der Waals surface area contributed by atoms with Crippen molar-refractivity contribution in [2.45, 2.75) is 39.5 Å². The van der Waals surface area contributed by atoms with Crippen molar-refractivity contribution in [2.24, 2.45) is 11.8 Å². The number of anilines is 1. The zero-order valence-electron chi connectivity index (χ0n) is 11.1. The van der Waals surface area contributed by atoms with Gasteiger partial charge < -0.3 is 11.1 Å². The van der Waals surface area contributed by atoms with Crippen LogP contribution in [0.1, 0.15) is 48.7 Å². The highest BCUT2D eigenvalue weighted by Crippen LogP contribution is 2.28. The number of aryl methyl sites for hydroxylation is 1. The van der Waals surface area contributed by atoms with Crippen LogP contribution in [0.3, 0.4) is 0 Å². The maximum atomic E-state index is 12.0. The number of carbonyl (C=O) groups is 1. The minimum Gasteiger partial charge on any atom is -0.382 e. The van der Waals surface area contributed by atoms with Crippen LogP contribution in [-0.4, -0.2) is 22.6 Å². The lowest BCUT2D eigenvalue weighted by Crippen LogP contribution is -2.32. The molecule has 0 saturated heterocycles. The van der Waals surface area contributed by atoms with Crippen molar-refractivity contribution in [1.82, 2.24) is 15.5 Å². The van der Waals surface area contributed by atoms with E-state index >= 15 is 0 Å². The van der Waals surface area contributed by atoms with Crippen LogP contribution in [0.5, 0.6) is 0 Å². The van der Waals surface area contributed by atoms with Gasteiger partial charge in [0.05, 0.1) is 0 Å². The van der Waals surface area contributed by atoms with Crippen LogP contribution in [0.15, 0.2) is 0 Å². The minimum atomic E-state index is -0.114. The van der Waals surface area contributed by atoms with Gasteiger partial charge in [-0.1, -0.05) is 19.8 Å². The SMILES string of the molecule is Cc1[nH]nc(N)c1C(=O)NCC1CCCC(C)C1. The lowest BCUT2D eigenvalue weighted by atomic mass is 9.82. The first-order chi connectivity index (χ1) is 8.58. The van der Waals surface area contributed by atoms with Gasteiger partial charge in [-0.15, -0.1) is 0 Å². The number of nitrogens with two attached hydrogens (primary N) is 1. The Hall–Kier alpha value is -1.52. The van der Waals surface area contributed by atoms with E-state index in [-0.39, 0.29) is 11.7 Å². The first-order valence-electron chi connectivity index (χ1n) is 6.66. The van der Waals surface area contributed by atoms with E-state index in [4.69, 9.17) is 5.73 Å². The number of nitrogens with one attached hydrogen (secondary N) is 2. The summed E-state index contributed by atoms with van der Waals surface area (Å²) in [5, 5.41) is 9.54. The summed E-state index contributed by atoms with van der Waals surface area (Å²) < 4.78 is 0. The van der Waals surface area contributed by atoms with Gasteiger partial charge in [-0.3, -0.25) is 9.89 Å². The monoisotopic (exact) mass is 250 g/mol. The second-order valence-electron chi connectivity index (χ2n) is 5.46. The normalized spacial score (nSPS) is 23.9. The Kier molecular flexibility index (Phi) is 3.89. The Balaban J connectivity index is 1.88. The molecule has 1 aliphatic rings. The Labute approximate surface area is 108 Å². The summed E-state index contributed by atoms with van der Waals surface area (Å²) >= 11 is 0. The fourth-order valence-electron chi connectivity index (χ4n) is 2.81. The lowest BCUT2D eigenvalue weighted by Gasteiger charge is -2.26. The van der Waals surface area contributed by atoms with Crippen LogP contribution in [0.25, 0.3) is 0 Å². The van der Waals surface area contributed by atoms with Crippen LogP contribution in [0, 0.1) is 18.8 Å². The number of carbonyl (C=O) groups excluding carboxylic acids is 1. The molecule has 1 aromatic heterocycles. The van der Waals surface area contributed by atoms with E-state index in [1.807, 2.05) is 0 Å². The molecule has 2 unspecified atom stereocenters. The molecular formula is C13H22N4O. The van der Waals surface area contributed by atoms with E-state index < -0.39 is 0 Å². The molecule has 1 saturated carbocycles. The Morgan fingerprint density at radius 2 is 2.33 bits per heavy atom. The summed E-state index contributed by atoms with van der Waals surface area (Å²) in [6, 6.07) is 0. The van der Waals surface area contributed by atoms with Gasteiger partial charge >= 0.3 is 0 Å². The molecule has 1 heterocycles. The van der Waals surface area contributed by atoms with Gasteiger partial charge in [0.2, 0.25) is 0 Å². The summed E-state index contributed by atoms with van der Waals surface area (Å²) in [6.45, 7) is 4.83. The summed E-state index contributed by atoms with van der Waals surface area (Å²) in [5.41, 5.74) is 6.88. The Morgan fingerprint density at radius 1 is 1.56 bits per heavy atom. The number of hydrogen-bond acceptors (Lipinski definition) is 3. The van der Waals surface area contributed by atoms with E-state index in [0.717, 1.165) is 18.2 Å². The highest BCUT2D eigenvalue weighted by molar-refractivity contribution is 5.99. The van der Waals surface area contributed by atoms with Crippen molar-refractivity contribution in [3.63, 3.8) is 0 Å². The maximum Gasteiger partial charge on any atom is 0.256 e. The smallest absolute Gasteiger partial charge is 0.256 e. The molecule has 18 heavy (non-hydrogen) atoms. The van der Waals surface area contributed by atoms with Crippen LogP contribution in [-0.2, 0) is 0 Å². The van der Waals surface area contributed by atoms with E-state index in [2.05, 4.69) is 22.4 Å². The number of hydrogen-bond donors (Lipinski definition) is 3. The molecular weight excluding hydrogens is 228 g/mol. The molecule has 100 valence electrons. The molecule has 1 fully saturated rings. The largest absolute Gasteiger partial charge is 0.382 e. The van der Waals surface area contributed by atoms with Crippen LogP contribution in [0.2, 0.25) is 0 Å². The van der Waals surface area contributed by atoms with Crippen molar-refractivity contribution in [2.75, 3.05) is 12.3 Å². The third-order valence-corrected chi connectivity index (χ3v) is 3.80. The van der Waals surface area contributed by atoms with Crippen LogP contribution >= 0.6 is 0 Å². The zero-order chi connectivity index (χ0) is 13.1. The predicted molar refractivity (Wildman–Crippen MR) is 71.2 cm³/mol. The molecule has 4 N–H and O–H groups in total. The minimum absolute atomic E-state index is 0.114. The highest BCUT2D eigenvalue weighted by Gasteiger charge is 2.21. The van der Waals surface area contributed by atoms with Gasteiger partial charge in [0.25, 0.3) is 5.91 Å². The van der Waals surface area contributed by atoms with E-state index in [1.165, 1.54) is 25.7 Å². The molecule has 0 radical (unpaired) electrons. The number of aromatic nitrogens is 2. The molecule has 1 aromatic rings. The highest BCUT2D eigenvalue weighted by atomic mass is 16.1. The molecule has 2 atom stereocenters. The van der Waals surface area contributed by atoms with E-state index in [1.54, 1.807) is 6.92 Å². The van der Waals surface area contributed by atoms with Crippen molar-refractivity contribution < 1.29 is 4.79 Å². The number of nitrogen functional groups attached to an aromatic ring is 1. The molecule has 0 bridgehead atoms. The maximum absolute atomic E-state index is 12.0. The van der Waals surface area contributed by atoms with Crippen molar-refractivity contribution in [3.05, 3.63) is 11.3 Å². The predicted octanol–water partition coefficient (Wildman–Crippen LogP) is 1.86. The molecule has 1 amide bonds. The average Bonchev–Trinajstić information content (AvgIpc) is 2.66. The van der Waals surface area contributed by atoms with Gasteiger partial charge in [-0.25, -0.2) is 0 Å². The number of amides is 1. The summed E-state index contributed by atoms with van der Waals surface area (Å²) in [5.74, 6) is 1.55.